The molecule has 4 heteroatoms. The number of carbonyl (C=O) groups excluding carboxylic acids is 1. The highest BCUT2D eigenvalue weighted by Crippen LogP contribution is 2.22. The number of likely N-dealkylation sites (tertiary alicyclic amines) is 1. The van der Waals surface area contributed by atoms with Crippen molar-refractivity contribution in [2.45, 2.75) is 45.7 Å². The predicted octanol–water partition coefficient (Wildman–Crippen LogP) is 2.41. The lowest BCUT2D eigenvalue weighted by Gasteiger charge is -2.17. The summed E-state index contributed by atoms with van der Waals surface area (Å²) in [6.45, 7) is 6.92. The van der Waals surface area contributed by atoms with E-state index in [0.29, 0.717) is 0 Å². The summed E-state index contributed by atoms with van der Waals surface area (Å²) >= 11 is 1.77. The molecule has 1 aliphatic rings. The van der Waals surface area contributed by atoms with E-state index in [1.54, 1.807) is 11.3 Å². The van der Waals surface area contributed by atoms with Crippen molar-refractivity contribution in [1.29, 1.82) is 0 Å². The molecule has 1 unspecified atom stereocenters. The SMILES string of the molecule is CCCNC1CCN(Cc2sccc2CC)C1=O. The van der Waals surface area contributed by atoms with Crippen LogP contribution in [-0.2, 0) is 17.8 Å². The topological polar surface area (TPSA) is 32.3 Å². The zero-order valence-electron chi connectivity index (χ0n) is 11.2. The van der Waals surface area contributed by atoms with Crippen LogP contribution < -0.4 is 5.32 Å². The normalized spacial score (nSPS) is 19.8. The van der Waals surface area contributed by atoms with Gasteiger partial charge in [-0.1, -0.05) is 13.8 Å². The van der Waals surface area contributed by atoms with E-state index >= 15 is 0 Å². The molecule has 2 heterocycles. The lowest BCUT2D eigenvalue weighted by molar-refractivity contribution is -0.129. The van der Waals surface area contributed by atoms with Gasteiger partial charge in [0.05, 0.1) is 12.6 Å². The van der Waals surface area contributed by atoms with Crippen LogP contribution in [0.15, 0.2) is 11.4 Å². The van der Waals surface area contributed by atoms with Gasteiger partial charge in [-0.15, -0.1) is 11.3 Å². The van der Waals surface area contributed by atoms with Gasteiger partial charge in [-0.3, -0.25) is 4.79 Å². The third-order valence-corrected chi connectivity index (χ3v) is 4.44. The maximum atomic E-state index is 12.2. The van der Waals surface area contributed by atoms with Crippen LogP contribution in [0.4, 0.5) is 0 Å². The quantitative estimate of drug-likeness (QED) is 0.857. The Morgan fingerprint density at radius 2 is 2.33 bits per heavy atom. The Balaban J connectivity index is 1.93. The van der Waals surface area contributed by atoms with Gasteiger partial charge in [0.25, 0.3) is 0 Å². The first-order chi connectivity index (χ1) is 8.76. The fraction of sp³-hybridized carbons (Fsp3) is 0.643. The number of nitrogens with zero attached hydrogens (tertiary/aromatic N) is 1. The molecule has 18 heavy (non-hydrogen) atoms. The molecule has 2 rings (SSSR count). The summed E-state index contributed by atoms with van der Waals surface area (Å²) in [6.07, 6.45) is 3.08. The first-order valence-electron chi connectivity index (χ1n) is 6.83. The lowest BCUT2D eigenvalue weighted by atomic mass is 10.2. The maximum absolute atomic E-state index is 12.2. The van der Waals surface area contributed by atoms with Gasteiger partial charge in [0.2, 0.25) is 5.91 Å². The van der Waals surface area contributed by atoms with Crippen molar-refractivity contribution >= 4 is 17.2 Å². The number of aryl methyl sites for hydroxylation is 1. The minimum atomic E-state index is 0.0509. The number of thiophene rings is 1. The molecule has 1 saturated heterocycles. The number of hydrogen-bond donors (Lipinski definition) is 1. The van der Waals surface area contributed by atoms with E-state index in [0.717, 1.165) is 38.9 Å². The van der Waals surface area contributed by atoms with Crippen LogP contribution in [0.5, 0.6) is 0 Å². The van der Waals surface area contributed by atoms with E-state index in [4.69, 9.17) is 0 Å². The van der Waals surface area contributed by atoms with E-state index in [2.05, 4.69) is 30.6 Å². The smallest absolute Gasteiger partial charge is 0.240 e. The fourth-order valence-corrected chi connectivity index (χ4v) is 3.39. The second-order valence-corrected chi connectivity index (χ2v) is 5.78. The van der Waals surface area contributed by atoms with Gasteiger partial charge in [0.15, 0.2) is 0 Å². The Bertz CT molecular complexity index is 402. The summed E-state index contributed by atoms with van der Waals surface area (Å²) in [4.78, 5) is 15.6. The molecule has 0 aliphatic carbocycles. The molecule has 3 nitrogen and oxygen atoms in total. The number of amides is 1. The minimum absolute atomic E-state index is 0.0509. The van der Waals surface area contributed by atoms with Gasteiger partial charge in [0, 0.05) is 11.4 Å². The molecule has 0 aromatic carbocycles. The van der Waals surface area contributed by atoms with Gasteiger partial charge in [-0.25, -0.2) is 0 Å². The lowest BCUT2D eigenvalue weighted by Crippen LogP contribution is -2.38. The molecule has 1 aromatic heterocycles. The van der Waals surface area contributed by atoms with Crippen molar-refractivity contribution in [3.8, 4) is 0 Å². The van der Waals surface area contributed by atoms with E-state index in [1.165, 1.54) is 10.4 Å². The molecule has 1 atom stereocenters. The van der Waals surface area contributed by atoms with Crippen LogP contribution in [0.1, 0.15) is 37.1 Å². The van der Waals surface area contributed by atoms with Gasteiger partial charge >= 0.3 is 0 Å². The predicted molar refractivity (Wildman–Crippen MR) is 75.8 cm³/mol. The van der Waals surface area contributed by atoms with Crippen molar-refractivity contribution in [2.75, 3.05) is 13.1 Å². The number of nitrogens with one attached hydrogen (secondary N) is 1. The summed E-state index contributed by atoms with van der Waals surface area (Å²) < 4.78 is 0. The Kier molecular flexibility index (Phi) is 4.78. The van der Waals surface area contributed by atoms with Crippen LogP contribution in [0, 0.1) is 0 Å². The monoisotopic (exact) mass is 266 g/mol. The molecular weight excluding hydrogens is 244 g/mol. The minimum Gasteiger partial charge on any atom is -0.336 e. The molecule has 1 aliphatic heterocycles. The highest BCUT2D eigenvalue weighted by Gasteiger charge is 2.31. The summed E-state index contributed by atoms with van der Waals surface area (Å²) in [5.41, 5.74) is 1.39. The van der Waals surface area contributed by atoms with Gasteiger partial charge in [-0.2, -0.15) is 0 Å². The van der Waals surface area contributed by atoms with Crippen molar-refractivity contribution in [3.63, 3.8) is 0 Å². The summed E-state index contributed by atoms with van der Waals surface area (Å²) in [5, 5.41) is 5.46. The largest absolute Gasteiger partial charge is 0.336 e. The summed E-state index contributed by atoms with van der Waals surface area (Å²) in [5.74, 6) is 0.277. The Morgan fingerprint density at radius 1 is 1.50 bits per heavy atom. The Labute approximate surface area is 113 Å². The molecule has 1 amide bonds. The van der Waals surface area contributed by atoms with Crippen LogP contribution in [-0.4, -0.2) is 29.9 Å². The van der Waals surface area contributed by atoms with Crippen molar-refractivity contribution in [2.24, 2.45) is 0 Å². The molecule has 0 saturated carbocycles. The van der Waals surface area contributed by atoms with Crippen molar-refractivity contribution in [1.82, 2.24) is 10.2 Å². The fourth-order valence-electron chi connectivity index (χ4n) is 2.40. The van der Waals surface area contributed by atoms with Gasteiger partial charge < -0.3 is 10.2 Å². The van der Waals surface area contributed by atoms with E-state index in [9.17, 15) is 4.79 Å². The zero-order valence-corrected chi connectivity index (χ0v) is 12.1. The highest BCUT2D eigenvalue weighted by atomic mass is 32.1. The second kappa shape index (κ2) is 6.34. The van der Waals surface area contributed by atoms with Gasteiger partial charge in [0.1, 0.15) is 0 Å². The molecule has 0 bridgehead atoms. The number of hydrogen-bond acceptors (Lipinski definition) is 3. The van der Waals surface area contributed by atoms with Crippen molar-refractivity contribution < 1.29 is 4.79 Å². The van der Waals surface area contributed by atoms with Crippen LogP contribution in [0.3, 0.4) is 0 Å². The molecule has 1 aromatic rings. The highest BCUT2D eigenvalue weighted by molar-refractivity contribution is 7.10. The molecule has 0 spiro atoms. The summed E-state index contributed by atoms with van der Waals surface area (Å²) in [7, 11) is 0. The summed E-state index contributed by atoms with van der Waals surface area (Å²) in [6, 6.07) is 2.22. The van der Waals surface area contributed by atoms with Gasteiger partial charge in [-0.05, 0) is 42.8 Å². The Morgan fingerprint density at radius 3 is 3.06 bits per heavy atom. The number of carbonyl (C=O) groups is 1. The Hall–Kier alpha value is -0.870. The van der Waals surface area contributed by atoms with Crippen molar-refractivity contribution in [3.05, 3.63) is 21.9 Å². The standard InChI is InChI=1S/C14H22N2OS/c1-3-7-15-12-5-8-16(14(12)17)10-13-11(4-2)6-9-18-13/h6,9,12,15H,3-5,7-8,10H2,1-2H3. The van der Waals surface area contributed by atoms with Crippen LogP contribution in [0.25, 0.3) is 0 Å². The third kappa shape index (κ3) is 2.93. The second-order valence-electron chi connectivity index (χ2n) is 4.78. The average molecular weight is 266 g/mol. The average Bonchev–Trinajstić information content (AvgIpc) is 2.96. The van der Waals surface area contributed by atoms with E-state index < -0.39 is 0 Å². The molecule has 1 N–H and O–H groups in total. The van der Waals surface area contributed by atoms with E-state index in [1.807, 2.05) is 4.90 Å². The van der Waals surface area contributed by atoms with E-state index in [-0.39, 0.29) is 11.9 Å². The first kappa shape index (κ1) is 13.6. The molecule has 100 valence electrons. The van der Waals surface area contributed by atoms with Crippen LogP contribution in [0.2, 0.25) is 0 Å². The zero-order chi connectivity index (χ0) is 13.0. The molecular formula is C14H22N2OS. The third-order valence-electron chi connectivity index (χ3n) is 3.49. The maximum Gasteiger partial charge on any atom is 0.240 e. The molecule has 1 fully saturated rings. The van der Waals surface area contributed by atoms with Crippen LogP contribution >= 0.6 is 11.3 Å². The molecule has 0 radical (unpaired) electrons. The number of rotatable bonds is 6. The first-order valence-corrected chi connectivity index (χ1v) is 7.71.